The predicted octanol–water partition coefficient (Wildman–Crippen LogP) is 1.11. The Hall–Kier alpha value is -1.65. The average Bonchev–Trinajstić information content (AvgIpc) is 2.12. The summed E-state index contributed by atoms with van der Waals surface area (Å²) in [7, 11) is 0. The molecule has 0 saturated heterocycles. The minimum Gasteiger partial charge on any atom is -0.477 e. The number of nitrogens with zero attached hydrogens (tertiary/aromatic N) is 2. The quantitative estimate of drug-likeness (QED) is 0.780. The van der Waals surface area contributed by atoms with Gasteiger partial charge in [0.05, 0.1) is 0 Å². The summed E-state index contributed by atoms with van der Waals surface area (Å²) in [6, 6.07) is 1.50. The van der Waals surface area contributed by atoms with Gasteiger partial charge >= 0.3 is 12.0 Å². The Morgan fingerprint density at radius 1 is 1.57 bits per heavy atom. The van der Waals surface area contributed by atoms with Gasteiger partial charge in [-0.1, -0.05) is 0 Å². The molecular formula is C9H10N2O3. The summed E-state index contributed by atoms with van der Waals surface area (Å²) in [6.45, 7) is 0. The van der Waals surface area contributed by atoms with Gasteiger partial charge in [-0.05, 0) is 25.3 Å². The molecule has 1 aromatic heterocycles. The van der Waals surface area contributed by atoms with Crippen molar-refractivity contribution < 1.29 is 14.6 Å². The molecule has 0 spiro atoms. The SMILES string of the molecule is O=C(O)c1ccnc(OC2CCC2)n1. The third kappa shape index (κ3) is 1.81. The number of hydrogen-bond acceptors (Lipinski definition) is 4. The zero-order valence-electron chi connectivity index (χ0n) is 7.51. The number of aromatic nitrogens is 2. The maximum Gasteiger partial charge on any atom is 0.354 e. The fourth-order valence-corrected chi connectivity index (χ4v) is 1.15. The van der Waals surface area contributed by atoms with Crippen molar-refractivity contribution in [1.29, 1.82) is 0 Å². The fourth-order valence-electron chi connectivity index (χ4n) is 1.15. The smallest absolute Gasteiger partial charge is 0.354 e. The van der Waals surface area contributed by atoms with Crippen LogP contribution in [0.2, 0.25) is 0 Å². The second-order valence-corrected chi connectivity index (χ2v) is 3.20. The van der Waals surface area contributed by atoms with E-state index in [1.54, 1.807) is 0 Å². The van der Waals surface area contributed by atoms with Crippen molar-refractivity contribution >= 4 is 5.97 Å². The second-order valence-electron chi connectivity index (χ2n) is 3.20. The van der Waals surface area contributed by atoms with Gasteiger partial charge in [0.25, 0.3) is 0 Å². The van der Waals surface area contributed by atoms with Gasteiger partial charge in [-0.3, -0.25) is 0 Å². The van der Waals surface area contributed by atoms with Crippen molar-refractivity contribution in [3.63, 3.8) is 0 Å². The average molecular weight is 194 g/mol. The van der Waals surface area contributed by atoms with Crippen LogP contribution in [0.4, 0.5) is 0 Å². The van der Waals surface area contributed by atoms with Gasteiger partial charge in [-0.2, -0.15) is 4.98 Å². The maximum absolute atomic E-state index is 10.6. The largest absolute Gasteiger partial charge is 0.477 e. The first-order valence-electron chi connectivity index (χ1n) is 4.49. The van der Waals surface area contributed by atoms with Crippen LogP contribution >= 0.6 is 0 Å². The van der Waals surface area contributed by atoms with Crippen molar-refractivity contribution in [3.05, 3.63) is 18.0 Å². The normalized spacial score (nSPS) is 16.0. The number of ether oxygens (including phenoxy) is 1. The minimum absolute atomic E-state index is 0.0330. The monoisotopic (exact) mass is 194 g/mol. The fraction of sp³-hybridized carbons (Fsp3) is 0.444. The third-order valence-electron chi connectivity index (χ3n) is 2.18. The van der Waals surface area contributed by atoms with Crippen LogP contribution in [0.1, 0.15) is 29.8 Å². The molecule has 0 atom stereocenters. The molecule has 74 valence electrons. The van der Waals surface area contributed by atoms with Crippen molar-refractivity contribution in [3.8, 4) is 6.01 Å². The Kier molecular flexibility index (Phi) is 2.30. The van der Waals surface area contributed by atoms with Crippen LogP contribution in [0, 0.1) is 0 Å². The van der Waals surface area contributed by atoms with Gasteiger partial charge in [0.15, 0.2) is 5.69 Å². The van der Waals surface area contributed by atoms with E-state index in [0.717, 1.165) is 19.3 Å². The lowest BCUT2D eigenvalue weighted by atomic mass is 9.96. The van der Waals surface area contributed by atoms with E-state index in [1.807, 2.05) is 0 Å². The zero-order chi connectivity index (χ0) is 9.97. The van der Waals surface area contributed by atoms with E-state index in [1.165, 1.54) is 12.3 Å². The molecule has 5 heteroatoms. The number of hydrogen-bond donors (Lipinski definition) is 1. The van der Waals surface area contributed by atoms with E-state index in [2.05, 4.69) is 9.97 Å². The van der Waals surface area contributed by atoms with E-state index in [-0.39, 0.29) is 17.8 Å². The Morgan fingerprint density at radius 2 is 2.36 bits per heavy atom. The predicted molar refractivity (Wildman–Crippen MR) is 47.3 cm³/mol. The van der Waals surface area contributed by atoms with E-state index in [4.69, 9.17) is 9.84 Å². The van der Waals surface area contributed by atoms with Gasteiger partial charge in [0.1, 0.15) is 6.10 Å². The highest BCUT2D eigenvalue weighted by Gasteiger charge is 2.20. The highest BCUT2D eigenvalue weighted by molar-refractivity contribution is 5.85. The number of carboxylic acids is 1. The van der Waals surface area contributed by atoms with Crippen LogP contribution < -0.4 is 4.74 Å². The topological polar surface area (TPSA) is 72.3 Å². The summed E-state index contributed by atoms with van der Waals surface area (Å²) < 4.78 is 5.36. The van der Waals surface area contributed by atoms with Crippen molar-refractivity contribution in [2.24, 2.45) is 0 Å². The lowest BCUT2D eigenvalue weighted by molar-refractivity contribution is 0.0683. The molecule has 0 amide bonds. The molecule has 0 unspecified atom stereocenters. The van der Waals surface area contributed by atoms with E-state index >= 15 is 0 Å². The lowest BCUT2D eigenvalue weighted by Gasteiger charge is -2.24. The Balaban J connectivity index is 2.09. The van der Waals surface area contributed by atoms with E-state index in [9.17, 15) is 4.79 Å². The summed E-state index contributed by atoms with van der Waals surface area (Å²) in [5, 5.41) is 8.67. The Morgan fingerprint density at radius 3 is 2.93 bits per heavy atom. The number of aromatic carboxylic acids is 1. The summed E-state index contributed by atoms with van der Waals surface area (Å²) >= 11 is 0. The summed E-state index contributed by atoms with van der Waals surface area (Å²) in [4.78, 5) is 18.2. The van der Waals surface area contributed by atoms with Crippen LogP contribution in [0.25, 0.3) is 0 Å². The lowest BCUT2D eigenvalue weighted by Crippen LogP contribution is -2.25. The van der Waals surface area contributed by atoms with Crippen LogP contribution in [-0.4, -0.2) is 27.1 Å². The molecule has 1 saturated carbocycles. The summed E-state index contributed by atoms with van der Waals surface area (Å²) in [5.74, 6) is -1.06. The van der Waals surface area contributed by atoms with Crippen LogP contribution in [-0.2, 0) is 0 Å². The van der Waals surface area contributed by atoms with E-state index in [0.29, 0.717) is 0 Å². The van der Waals surface area contributed by atoms with Crippen LogP contribution in [0.15, 0.2) is 12.3 Å². The molecule has 1 aromatic rings. The Bertz CT molecular complexity index is 350. The molecule has 1 heterocycles. The third-order valence-corrected chi connectivity index (χ3v) is 2.18. The summed E-state index contributed by atoms with van der Waals surface area (Å²) in [6.07, 6.45) is 4.72. The van der Waals surface area contributed by atoms with Crippen molar-refractivity contribution in [1.82, 2.24) is 9.97 Å². The molecule has 1 N–H and O–H groups in total. The molecule has 0 aliphatic heterocycles. The zero-order valence-corrected chi connectivity index (χ0v) is 7.51. The summed E-state index contributed by atoms with van der Waals surface area (Å²) in [5.41, 5.74) is -0.0330. The molecule has 2 rings (SSSR count). The first-order chi connectivity index (χ1) is 6.75. The number of rotatable bonds is 3. The molecule has 0 bridgehead atoms. The van der Waals surface area contributed by atoms with Gasteiger partial charge in [-0.15, -0.1) is 0 Å². The molecule has 1 aliphatic carbocycles. The molecule has 0 radical (unpaired) electrons. The van der Waals surface area contributed by atoms with Gasteiger partial charge < -0.3 is 9.84 Å². The second kappa shape index (κ2) is 3.61. The first kappa shape index (κ1) is 8.93. The molecule has 5 nitrogen and oxygen atoms in total. The highest BCUT2D eigenvalue weighted by Crippen LogP contribution is 2.22. The standard InChI is InChI=1S/C9H10N2O3/c12-8(13)7-4-5-10-9(11-7)14-6-2-1-3-6/h4-6H,1-3H2,(H,12,13). The molecule has 0 aromatic carbocycles. The van der Waals surface area contributed by atoms with Gasteiger partial charge in [0.2, 0.25) is 0 Å². The molecule has 1 aliphatic rings. The number of carbonyl (C=O) groups is 1. The van der Waals surface area contributed by atoms with Gasteiger partial charge in [-0.25, -0.2) is 9.78 Å². The molecular weight excluding hydrogens is 184 g/mol. The molecule has 14 heavy (non-hydrogen) atoms. The van der Waals surface area contributed by atoms with Crippen LogP contribution in [0.5, 0.6) is 6.01 Å². The minimum atomic E-state index is -1.06. The number of carboxylic acid groups (broad SMARTS) is 1. The van der Waals surface area contributed by atoms with Crippen LogP contribution in [0.3, 0.4) is 0 Å². The Labute approximate surface area is 80.8 Å². The highest BCUT2D eigenvalue weighted by atomic mass is 16.5. The van der Waals surface area contributed by atoms with Gasteiger partial charge in [0, 0.05) is 6.20 Å². The molecule has 1 fully saturated rings. The first-order valence-corrected chi connectivity index (χ1v) is 4.49. The maximum atomic E-state index is 10.6. The van der Waals surface area contributed by atoms with E-state index < -0.39 is 5.97 Å². The van der Waals surface area contributed by atoms with Crippen molar-refractivity contribution in [2.75, 3.05) is 0 Å². The van der Waals surface area contributed by atoms with Crippen molar-refractivity contribution in [2.45, 2.75) is 25.4 Å².